The summed E-state index contributed by atoms with van der Waals surface area (Å²) in [5, 5.41) is 8.62. The summed E-state index contributed by atoms with van der Waals surface area (Å²) in [6.07, 6.45) is -0.899. The Bertz CT molecular complexity index is 197. The van der Waals surface area contributed by atoms with Crippen molar-refractivity contribution in [2.24, 2.45) is 5.41 Å². The SMILES string of the molecule is C=C(C)C(C)(C)CN(C)C(=O)O. The Hall–Kier alpha value is -0.990. The second-order valence-electron chi connectivity index (χ2n) is 3.80. The molecule has 0 heterocycles. The molecule has 0 fully saturated rings. The molecule has 0 atom stereocenters. The summed E-state index contributed by atoms with van der Waals surface area (Å²) in [5.41, 5.74) is 0.850. The third kappa shape index (κ3) is 2.95. The van der Waals surface area contributed by atoms with E-state index in [1.165, 1.54) is 4.90 Å². The molecule has 0 aromatic heterocycles. The van der Waals surface area contributed by atoms with Crippen molar-refractivity contribution in [1.29, 1.82) is 0 Å². The third-order valence-electron chi connectivity index (χ3n) is 2.11. The number of rotatable bonds is 3. The molecule has 1 amide bonds. The predicted molar refractivity (Wildman–Crippen MR) is 49.2 cm³/mol. The normalized spacial score (nSPS) is 11.0. The van der Waals surface area contributed by atoms with Gasteiger partial charge in [-0.25, -0.2) is 4.79 Å². The molecule has 12 heavy (non-hydrogen) atoms. The van der Waals surface area contributed by atoms with Gasteiger partial charge in [0.05, 0.1) is 0 Å². The van der Waals surface area contributed by atoms with Gasteiger partial charge in [0.2, 0.25) is 0 Å². The van der Waals surface area contributed by atoms with E-state index in [2.05, 4.69) is 6.58 Å². The summed E-state index contributed by atoms with van der Waals surface area (Å²) in [6.45, 7) is 10.2. The van der Waals surface area contributed by atoms with Gasteiger partial charge < -0.3 is 10.0 Å². The van der Waals surface area contributed by atoms with Crippen molar-refractivity contribution in [2.45, 2.75) is 20.8 Å². The lowest BCUT2D eigenvalue weighted by molar-refractivity contribution is 0.142. The molecule has 0 aliphatic rings. The molecule has 0 bridgehead atoms. The highest BCUT2D eigenvalue weighted by Crippen LogP contribution is 2.24. The van der Waals surface area contributed by atoms with Crippen LogP contribution in [0, 0.1) is 5.41 Å². The fourth-order valence-corrected chi connectivity index (χ4v) is 0.796. The first-order valence-corrected chi connectivity index (χ1v) is 3.87. The van der Waals surface area contributed by atoms with Crippen LogP contribution in [-0.4, -0.2) is 29.7 Å². The average Bonchev–Trinajstić information content (AvgIpc) is 1.85. The van der Waals surface area contributed by atoms with Crippen LogP contribution in [0.1, 0.15) is 20.8 Å². The zero-order valence-electron chi connectivity index (χ0n) is 8.22. The minimum absolute atomic E-state index is 0.146. The monoisotopic (exact) mass is 171 g/mol. The zero-order chi connectivity index (χ0) is 9.94. The summed E-state index contributed by atoms with van der Waals surface area (Å²) < 4.78 is 0. The fraction of sp³-hybridized carbons (Fsp3) is 0.667. The van der Waals surface area contributed by atoms with Crippen molar-refractivity contribution in [3.8, 4) is 0 Å². The van der Waals surface area contributed by atoms with Crippen LogP contribution in [0.3, 0.4) is 0 Å². The molecule has 0 rings (SSSR count). The summed E-state index contributed by atoms with van der Waals surface area (Å²) in [6, 6.07) is 0. The Labute approximate surface area is 73.7 Å². The van der Waals surface area contributed by atoms with Crippen LogP contribution >= 0.6 is 0 Å². The average molecular weight is 171 g/mol. The van der Waals surface area contributed by atoms with E-state index in [0.29, 0.717) is 6.54 Å². The molecule has 0 aromatic rings. The molecule has 70 valence electrons. The number of carboxylic acid groups (broad SMARTS) is 1. The molecule has 0 radical (unpaired) electrons. The topological polar surface area (TPSA) is 40.5 Å². The Kier molecular flexibility index (Phi) is 3.31. The van der Waals surface area contributed by atoms with Gasteiger partial charge in [-0.1, -0.05) is 26.0 Å². The second kappa shape index (κ2) is 3.61. The van der Waals surface area contributed by atoms with Crippen LogP contribution in [-0.2, 0) is 0 Å². The van der Waals surface area contributed by atoms with E-state index in [1.54, 1.807) is 7.05 Å². The van der Waals surface area contributed by atoms with Crippen molar-refractivity contribution in [3.05, 3.63) is 12.2 Å². The first-order valence-electron chi connectivity index (χ1n) is 3.87. The Balaban J connectivity index is 4.24. The maximum Gasteiger partial charge on any atom is 0.407 e. The number of carbonyl (C=O) groups is 1. The minimum Gasteiger partial charge on any atom is -0.465 e. The van der Waals surface area contributed by atoms with Crippen LogP contribution in [0.25, 0.3) is 0 Å². The standard InChI is InChI=1S/C9H17NO2/c1-7(2)9(3,4)6-10(5)8(11)12/h1,6H2,2-5H3,(H,11,12). The van der Waals surface area contributed by atoms with Crippen molar-refractivity contribution in [1.82, 2.24) is 4.90 Å². The van der Waals surface area contributed by atoms with Crippen LogP contribution in [0.15, 0.2) is 12.2 Å². The highest BCUT2D eigenvalue weighted by Gasteiger charge is 2.22. The van der Waals surface area contributed by atoms with Gasteiger partial charge in [0, 0.05) is 19.0 Å². The minimum atomic E-state index is -0.899. The molecule has 0 aromatic carbocycles. The van der Waals surface area contributed by atoms with Crippen molar-refractivity contribution < 1.29 is 9.90 Å². The lowest BCUT2D eigenvalue weighted by Gasteiger charge is -2.29. The number of nitrogens with zero attached hydrogens (tertiary/aromatic N) is 1. The predicted octanol–water partition coefficient (Wildman–Crippen LogP) is 2.20. The van der Waals surface area contributed by atoms with Crippen LogP contribution in [0.4, 0.5) is 4.79 Å². The fourth-order valence-electron chi connectivity index (χ4n) is 0.796. The zero-order valence-corrected chi connectivity index (χ0v) is 8.22. The molecule has 3 heteroatoms. The molecule has 0 aliphatic carbocycles. The molecule has 0 saturated heterocycles. The largest absolute Gasteiger partial charge is 0.465 e. The number of hydrogen-bond acceptors (Lipinski definition) is 1. The third-order valence-corrected chi connectivity index (χ3v) is 2.11. The van der Waals surface area contributed by atoms with Gasteiger partial charge >= 0.3 is 6.09 Å². The lowest BCUT2D eigenvalue weighted by atomic mass is 9.86. The first-order chi connectivity index (χ1) is 5.27. The lowest BCUT2D eigenvalue weighted by Crippen LogP contribution is -2.35. The summed E-state index contributed by atoms with van der Waals surface area (Å²) in [7, 11) is 1.56. The highest BCUT2D eigenvalue weighted by atomic mass is 16.4. The number of amides is 1. The molecular weight excluding hydrogens is 154 g/mol. The molecule has 0 spiro atoms. The Morgan fingerprint density at radius 2 is 2.00 bits per heavy atom. The van der Waals surface area contributed by atoms with Crippen molar-refractivity contribution in [2.75, 3.05) is 13.6 Å². The van der Waals surface area contributed by atoms with Crippen LogP contribution in [0.5, 0.6) is 0 Å². The van der Waals surface area contributed by atoms with E-state index in [1.807, 2.05) is 20.8 Å². The summed E-state index contributed by atoms with van der Waals surface area (Å²) >= 11 is 0. The molecule has 1 N–H and O–H groups in total. The molecule has 3 nitrogen and oxygen atoms in total. The van der Waals surface area contributed by atoms with Crippen LogP contribution in [0.2, 0.25) is 0 Å². The summed E-state index contributed by atoms with van der Waals surface area (Å²) in [5.74, 6) is 0. The van der Waals surface area contributed by atoms with Gasteiger partial charge in [-0.05, 0) is 6.92 Å². The number of hydrogen-bond donors (Lipinski definition) is 1. The van der Waals surface area contributed by atoms with Gasteiger partial charge in [-0.2, -0.15) is 0 Å². The molecule has 0 saturated carbocycles. The Morgan fingerprint density at radius 3 is 2.25 bits per heavy atom. The van der Waals surface area contributed by atoms with E-state index in [9.17, 15) is 4.79 Å². The smallest absolute Gasteiger partial charge is 0.407 e. The van der Waals surface area contributed by atoms with Gasteiger partial charge in [-0.15, -0.1) is 0 Å². The van der Waals surface area contributed by atoms with Crippen LogP contribution < -0.4 is 0 Å². The first kappa shape index (κ1) is 11.0. The van der Waals surface area contributed by atoms with E-state index in [0.717, 1.165) is 5.57 Å². The Morgan fingerprint density at radius 1 is 1.58 bits per heavy atom. The molecule has 0 aliphatic heterocycles. The quantitative estimate of drug-likeness (QED) is 0.661. The molecular formula is C9H17NO2. The maximum atomic E-state index is 10.5. The second-order valence-corrected chi connectivity index (χ2v) is 3.80. The van der Waals surface area contributed by atoms with E-state index in [4.69, 9.17) is 5.11 Å². The molecule has 0 unspecified atom stereocenters. The van der Waals surface area contributed by atoms with E-state index in [-0.39, 0.29) is 5.41 Å². The van der Waals surface area contributed by atoms with E-state index >= 15 is 0 Å². The van der Waals surface area contributed by atoms with Gasteiger partial charge in [-0.3, -0.25) is 0 Å². The van der Waals surface area contributed by atoms with Crippen molar-refractivity contribution in [3.63, 3.8) is 0 Å². The highest BCUT2D eigenvalue weighted by molar-refractivity contribution is 5.64. The van der Waals surface area contributed by atoms with Gasteiger partial charge in [0.15, 0.2) is 0 Å². The van der Waals surface area contributed by atoms with Crippen molar-refractivity contribution >= 4 is 6.09 Å². The maximum absolute atomic E-state index is 10.5. The van der Waals surface area contributed by atoms with Gasteiger partial charge in [0.1, 0.15) is 0 Å². The van der Waals surface area contributed by atoms with Gasteiger partial charge in [0.25, 0.3) is 0 Å². The van der Waals surface area contributed by atoms with E-state index < -0.39 is 6.09 Å². The summed E-state index contributed by atoms with van der Waals surface area (Å²) in [4.78, 5) is 11.8.